The van der Waals surface area contributed by atoms with Crippen molar-refractivity contribution in [3.8, 4) is 22.4 Å². The van der Waals surface area contributed by atoms with E-state index < -0.39 is 22.4 Å². The van der Waals surface area contributed by atoms with Crippen LogP contribution >= 0.6 is 0 Å². The van der Waals surface area contributed by atoms with Gasteiger partial charge < -0.3 is 10.8 Å². The number of nitrogen functional groups attached to an aromatic ring is 1. The second-order valence-electron chi connectivity index (χ2n) is 5.48. The van der Waals surface area contributed by atoms with Crippen molar-refractivity contribution >= 4 is 16.0 Å². The topological polar surface area (TPSA) is 134 Å². The lowest BCUT2D eigenvalue weighted by atomic mass is 10.1. The molecule has 0 unspecified atom stereocenters. The molecule has 0 aliphatic heterocycles. The smallest absolute Gasteiger partial charge is 0.241 e. The Bertz CT molecular complexity index is 1060. The summed E-state index contributed by atoms with van der Waals surface area (Å²) in [6.07, 6.45) is 4.05. The van der Waals surface area contributed by atoms with E-state index in [9.17, 15) is 17.9 Å². The van der Waals surface area contributed by atoms with Gasteiger partial charge in [0.1, 0.15) is 11.5 Å². The number of halogens is 1. The van der Waals surface area contributed by atoms with Crippen molar-refractivity contribution in [3.63, 3.8) is 0 Å². The largest absolute Gasteiger partial charge is 0.854 e. The van der Waals surface area contributed by atoms with Crippen LogP contribution in [0.3, 0.4) is 0 Å². The van der Waals surface area contributed by atoms with Gasteiger partial charge in [-0.25, -0.2) is 27.5 Å². The van der Waals surface area contributed by atoms with E-state index in [1.54, 1.807) is 12.1 Å². The molecule has 2 aromatic heterocycles. The Balaban J connectivity index is 2.03. The molecule has 3 rings (SSSR count). The van der Waals surface area contributed by atoms with Crippen LogP contribution in [0.25, 0.3) is 22.4 Å². The zero-order valence-electron chi connectivity index (χ0n) is 14.0. The number of rotatable bonds is 6. The van der Waals surface area contributed by atoms with E-state index >= 15 is 0 Å². The fraction of sp³-hybridized carbons (Fsp3) is 0.118. The first-order chi connectivity index (χ1) is 12.9. The van der Waals surface area contributed by atoms with Crippen LogP contribution in [0.15, 0.2) is 53.8 Å². The van der Waals surface area contributed by atoms with Crippen molar-refractivity contribution < 1.29 is 17.9 Å². The van der Waals surface area contributed by atoms with E-state index in [4.69, 9.17) is 5.73 Å². The molecule has 0 spiro atoms. The van der Waals surface area contributed by atoms with Crippen LogP contribution < -0.4 is 15.6 Å². The highest BCUT2D eigenvalue weighted by molar-refractivity contribution is 7.89. The molecular weight excluding hydrogens is 373 g/mol. The van der Waals surface area contributed by atoms with Crippen molar-refractivity contribution in [2.75, 3.05) is 18.9 Å². The summed E-state index contributed by atoms with van der Waals surface area (Å²) in [6, 6.07) is 7.26. The van der Waals surface area contributed by atoms with Crippen LogP contribution in [-0.2, 0) is 10.0 Å². The van der Waals surface area contributed by atoms with Gasteiger partial charge in [0.25, 0.3) is 0 Å². The quantitative estimate of drug-likeness (QED) is 0.630. The predicted molar refractivity (Wildman–Crippen MR) is 95.1 cm³/mol. The number of nitrogens with two attached hydrogens (primary N) is 1. The van der Waals surface area contributed by atoms with E-state index in [1.165, 1.54) is 36.8 Å². The van der Waals surface area contributed by atoms with E-state index in [2.05, 4.69) is 19.7 Å². The summed E-state index contributed by atoms with van der Waals surface area (Å²) < 4.78 is 41.6. The van der Waals surface area contributed by atoms with Crippen LogP contribution in [0.4, 0.5) is 10.3 Å². The average Bonchev–Trinajstić information content (AvgIpc) is 2.67. The van der Waals surface area contributed by atoms with Crippen LogP contribution in [0.5, 0.6) is 0 Å². The molecule has 10 heteroatoms. The zero-order valence-corrected chi connectivity index (χ0v) is 14.8. The molecule has 8 nitrogen and oxygen atoms in total. The molecule has 0 fully saturated rings. The predicted octanol–water partition coefficient (Wildman–Crippen LogP) is 0.565. The fourth-order valence-corrected chi connectivity index (χ4v) is 3.69. The Morgan fingerprint density at radius 2 is 1.74 bits per heavy atom. The third-order valence-corrected chi connectivity index (χ3v) is 5.19. The van der Waals surface area contributed by atoms with E-state index in [0.717, 1.165) is 0 Å². The van der Waals surface area contributed by atoms with Crippen LogP contribution in [0.2, 0.25) is 0 Å². The van der Waals surface area contributed by atoms with Crippen molar-refractivity contribution in [1.29, 1.82) is 0 Å². The summed E-state index contributed by atoms with van der Waals surface area (Å²) in [7, 11) is -3.92. The molecule has 1 aromatic carbocycles. The highest BCUT2D eigenvalue weighted by atomic mass is 32.2. The molecule has 140 valence electrons. The Hall–Kier alpha value is -2.95. The van der Waals surface area contributed by atoms with Gasteiger partial charge in [-0.15, -0.1) is 6.61 Å². The average molecular weight is 388 g/mol. The SMILES string of the molecule is Nc1ncc(-c2ncc(-c3ccccc3S(=O)(=O)NCC[O-])cc2F)cn1. The maximum atomic E-state index is 14.6. The van der Waals surface area contributed by atoms with Gasteiger partial charge in [-0.2, -0.15) is 0 Å². The second kappa shape index (κ2) is 7.74. The molecule has 0 radical (unpaired) electrons. The standard InChI is InChI=1S/C17H15FN5O3S/c18-14-7-11(8-20-16(14)12-9-21-17(19)22-10-12)13-3-1-2-4-15(13)27(25,26)23-5-6-24/h1-4,7-10,23H,5-6H2,(H2,19,21,22)/q-1. The van der Waals surface area contributed by atoms with Crippen molar-refractivity contribution in [1.82, 2.24) is 19.7 Å². The third-order valence-electron chi connectivity index (χ3n) is 3.67. The van der Waals surface area contributed by atoms with Crippen molar-refractivity contribution in [2.45, 2.75) is 4.90 Å². The molecule has 0 aliphatic carbocycles. The number of hydrogen-bond acceptors (Lipinski definition) is 7. The normalized spacial score (nSPS) is 11.5. The molecule has 0 saturated heterocycles. The molecule has 27 heavy (non-hydrogen) atoms. The minimum Gasteiger partial charge on any atom is -0.854 e. The number of pyridine rings is 1. The van der Waals surface area contributed by atoms with Crippen molar-refractivity contribution in [3.05, 3.63) is 54.7 Å². The van der Waals surface area contributed by atoms with Gasteiger partial charge in [-0.3, -0.25) is 4.98 Å². The van der Waals surface area contributed by atoms with Crippen LogP contribution in [0, 0.1) is 5.82 Å². The zero-order chi connectivity index (χ0) is 19.4. The van der Waals surface area contributed by atoms with Crippen LogP contribution in [0.1, 0.15) is 0 Å². The number of hydrogen-bond donors (Lipinski definition) is 2. The molecule has 0 amide bonds. The summed E-state index contributed by atoms with van der Waals surface area (Å²) in [6.45, 7) is -0.824. The molecule has 3 aromatic rings. The molecule has 0 atom stereocenters. The summed E-state index contributed by atoms with van der Waals surface area (Å²) in [5.74, 6) is -0.610. The monoisotopic (exact) mass is 388 g/mol. The Morgan fingerprint density at radius 3 is 2.41 bits per heavy atom. The van der Waals surface area contributed by atoms with Gasteiger partial charge in [0, 0.05) is 35.3 Å². The van der Waals surface area contributed by atoms with Gasteiger partial charge >= 0.3 is 0 Å². The first kappa shape index (κ1) is 18.8. The maximum absolute atomic E-state index is 14.6. The number of anilines is 1. The minimum absolute atomic E-state index is 0.0172. The number of nitrogens with zero attached hydrogens (tertiary/aromatic N) is 3. The first-order valence-corrected chi connectivity index (χ1v) is 9.31. The van der Waals surface area contributed by atoms with Gasteiger partial charge in [-0.05, 0) is 18.7 Å². The van der Waals surface area contributed by atoms with Gasteiger partial charge in [0.2, 0.25) is 16.0 Å². The molecular formula is C17H15FN5O3S-. The Kier molecular flexibility index (Phi) is 5.40. The summed E-state index contributed by atoms with van der Waals surface area (Å²) in [5.41, 5.74) is 6.31. The number of benzene rings is 1. The lowest BCUT2D eigenvalue weighted by molar-refractivity contribution is -0.364. The minimum atomic E-state index is -3.92. The molecule has 0 saturated carbocycles. The number of sulfonamides is 1. The molecule has 0 aliphatic rings. The highest BCUT2D eigenvalue weighted by Crippen LogP contribution is 2.29. The Labute approximate surface area is 155 Å². The molecule has 0 bridgehead atoms. The van der Waals surface area contributed by atoms with E-state index in [-0.39, 0.29) is 34.2 Å². The van der Waals surface area contributed by atoms with Crippen molar-refractivity contribution in [2.24, 2.45) is 0 Å². The number of aromatic nitrogens is 3. The van der Waals surface area contributed by atoms with E-state index in [0.29, 0.717) is 5.56 Å². The second-order valence-corrected chi connectivity index (χ2v) is 7.22. The van der Waals surface area contributed by atoms with Gasteiger partial charge in [-0.1, -0.05) is 18.2 Å². The van der Waals surface area contributed by atoms with E-state index in [1.807, 2.05) is 0 Å². The third kappa shape index (κ3) is 4.08. The lowest BCUT2D eigenvalue weighted by Crippen LogP contribution is -2.30. The fourth-order valence-electron chi connectivity index (χ4n) is 2.45. The van der Waals surface area contributed by atoms with Crippen LogP contribution in [-0.4, -0.2) is 36.5 Å². The molecule has 3 N–H and O–H groups in total. The lowest BCUT2D eigenvalue weighted by Gasteiger charge is -2.13. The summed E-state index contributed by atoms with van der Waals surface area (Å²) >= 11 is 0. The number of nitrogens with one attached hydrogen (secondary N) is 1. The van der Waals surface area contributed by atoms with Gasteiger partial charge in [0.15, 0.2) is 0 Å². The molecule has 2 heterocycles. The van der Waals surface area contributed by atoms with Gasteiger partial charge in [0.05, 0.1) is 4.90 Å². The maximum Gasteiger partial charge on any atom is 0.241 e. The first-order valence-electron chi connectivity index (χ1n) is 7.83. The summed E-state index contributed by atoms with van der Waals surface area (Å²) in [5, 5.41) is 10.6. The Morgan fingerprint density at radius 1 is 1.07 bits per heavy atom. The summed E-state index contributed by atoms with van der Waals surface area (Å²) in [4.78, 5) is 11.6. The highest BCUT2D eigenvalue weighted by Gasteiger charge is 2.19.